The number of para-hydroxylation sites is 1. The summed E-state index contributed by atoms with van der Waals surface area (Å²) in [6.45, 7) is 0.381. The van der Waals surface area contributed by atoms with Crippen LogP contribution in [0.15, 0.2) is 51.8 Å². The average Bonchev–Trinajstić information content (AvgIpc) is 2.84. The molecule has 0 radical (unpaired) electrons. The number of nitrogens with two attached hydrogens (primary N) is 1. The lowest BCUT2D eigenvalue weighted by Crippen LogP contribution is -2.17. The topological polar surface area (TPSA) is 69.4 Å². The van der Waals surface area contributed by atoms with E-state index in [4.69, 9.17) is 10.5 Å². The lowest BCUT2D eigenvalue weighted by Gasteiger charge is -2.12. The molecule has 0 aromatic heterocycles. The van der Waals surface area contributed by atoms with Gasteiger partial charge in [0.2, 0.25) is 0 Å². The monoisotopic (exact) mass is 367 g/mol. The normalized spacial score (nSPS) is 17.3. The Bertz CT molecular complexity index is 789. The molecule has 2 aromatic rings. The van der Waals surface area contributed by atoms with Crippen molar-refractivity contribution in [2.75, 3.05) is 18.1 Å². The number of halogens is 1. The summed E-state index contributed by atoms with van der Waals surface area (Å²) in [5.41, 5.74) is 7.02. The van der Waals surface area contributed by atoms with Gasteiger partial charge >= 0.3 is 0 Å². The van der Waals surface area contributed by atoms with E-state index in [0.29, 0.717) is 11.1 Å². The zero-order chi connectivity index (χ0) is 15.0. The molecule has 0 spiro atoms. The number of benzene rings is 2. The molecule has 0 saturated heterocycles. The number of fused-ring (bicyclic) bond motifs is 1. The summed E-state index contributed by atoms with van der Waals surface area (Å²) in [4.78, 5) is 0.168. The second-order valence-electron chi connectivity index (χ2n) is 5.01. The Balaban J connectivity index is 1.93. The summed E-state index contributed by atoms with van der Waals surface area (Å²) in [6.07, 6.45) is 0. The maximum atomic E-state index is 12.6. The molecule has 1 unspecified atom stereocenters. The lowest BCUT2D eigenvalue weighted by molar-refractivity contribution is 0.337. The third-order valence-electron chi connectivity index (χ3n) is 3.53. The van der Waals surface area contributed by atoms with Crippen LogP contribution in [0.3, 0.4) is 0 Å². The van der Waals surface area contributed by atoms with Crippen LogP contribution in [-0.2, 0) is 9.84 Å². The molecular formula is C15H14BrNO3S. The molecule has 0 bridgehead atoms. The molecular weight excluding hydrogens is 354 g/mol. The zero-order valence-electron chi connectivity index (χ0n) is 11.1. The van der Waals surface area contributed by atoms with Gasteiger partial charge in [-0.2, -0.15) is 0 Å². The van der Waals surface area contributed by atoms with Gasteiger partial charge in [-0.05, 0) is 24.3 Å². The van der Waals surface area contributed by atoms with Crippen LogP contribution < -0.4 is 10.5 Å². The zero-order valence-corrected chi connectivity index (χ0v) is 13.5. The Morgan fingerprint density at radius 2 is 2.00 bits per heavy atom. The van der Waals surface area contributed by atoms with Crippen LogP contribution in [0.25, 0.3) is 0 Å². The predicted octanol–water partition coefficient (Wildman–Crippen LogP) is 2.98. The Labute approximate surface area is 132 Å². The molecule has 1 aliphatic heterocycles. The summed E-state index contributed by atoms with van der Waals surface area (Å²) >= 11 is 3.28. The van der Waals surface area contributed by atoms with Crippen molar-refractivity contribution in [3.63, 3.8) is 0 Å². The van der Waals surface area contributed by atoms with Crippen molar-refractivity contribution >= 4 is 31.5 Å². The average molecular weight is 368 g/mol. The molecule has 0 saturated carbocycles. The molecule has 1 heterocycles. The van der Waals surface area contributed by atoms with Gasteiger partial charge in [-0.1, -0.05) is 34.1 Å². The van der Waals surface area contributed by atoms with Crippen molar-refractivity contribution in [3.8, 4) is 5.75 Å². The van der Waals surface area contributed by atoms with Crippen LogP contribution in [0, 0.1) is 0 Å². The SMILES string of the molecule is Nc1ccc(Br)cc1S(=O)(=O)CC1COc2ccccc21. The molecule has 0 amide bonds. The van der Waals surface area contributed by atoms with Gasteiger partial charge < -0.3 is 10.5 Å². The highest BCUT2D eigenvalue weighted by Gasteiger charge is 2.30. The van der Waals surface area contributed by atoms with E-state index in [2.05, 4.69) is 15.9 Å². The minimum atomic E-state index is -3.47. The maximum Gasteiger partial charge on any atom is 0.181 e. The van der Waals surface area contributed by atoms with Gasteiger partial charge in [0.25, 0.3) is 0 Å². The van der Waals surface area contributed by atoms with E-state index in [-0.39, 0.29) is 22.3 Å². The summed E-state index contributed by atoms with van der Waals surface area (Å²) in [6, 6.07) is 12.4. The van der Waals surface area contributed by atoms with Crippen LogP contribution in [-0.4, -0.2) is 20.8 Å². The van der Waals surface area contributed by atoms with Gasteiger partial charge in [0, 0.05) is 16.0 Å². The predicted molar refractivity (Wildman–Crippen MR) is 85.3 cm³/mol. The van der Waals surface area contributed by atoms with Gasteiger partial charge in [0.1, 0.15) is 5.75 Å². The highest BCUT2D eigenvalue weighted by molar-refractivity contribution is 9.10. The second-order valence-corrected chi connectivity index (χ2v) is 7.93. The number of nitrogen functional groups attached to an aromatic ring is 1. The van der Waals surface area contributed by atoms with Gasteiger partial charge in [0.15, 0.2) is 9.84 Å². The van der Waals surface area contributed by atoms with Crippen molar-refractivity contribution in [2.24, 2.45) is 0 Å². The number of anilines is 1. The van der Waals surface area contributed by atoms with Crippen molar-refractivity contribution in [3.05, 3.63) is 52.5 Å². The molecule has 21 heavy (non-hydrogen) atoms. The molecule has 1 aliphatic rings. The minimum absolute atomic E-state index is 0.00926. The van der Waals surface area contributed by atoms with E-state index >= 15 is 0 Å². The highest BCUT2D eigenvalue weighted by Crippen LogP contribution is 2.36. The van der Waals surface area contributed by atoms with Crippen LogP contribution >= 0.6 is 15.9 Å². The minimum Gasteiger partial charge on any atom is -0.493 e. The van der Waals surface area contributed by atoms with Crippen LogP contribution in [0.4, 0.5) is 5.69 Å². The largest absolute Gasteiger partial charge is 0.493 e. The van der Waals surface area contributed by atoms with Crippen molar-refractivity contribution in [1.82, 2.24) is 0 Å². The number of hydrogen-bond acceptors (Lipinski definition) is 4. The van der Waals surface area contributed by atoms with Gasteiger partial charge in [-0.15, -0.1) is 0 Å². The first-order chi connectivity index (χ1) is 9.97. The van der Waals surface area contributed by atoms with E-state index in [0.717, 1.165) is 11.3 Å². The second kappa shape index (κ2) is 5.35. The number of rotatable bonds is 3. The summed E-state index contributed by atoms with van der Waals surface area (Å²) in [5.74, 6) is 0.592. The third-order valence-corrected chi connectivity index (χ3v) is 5.89. The van der Waals surface area contributed by atoms with E-state index in [1.165, 1.54) is 0 Å². The lowest BCUT2D eigenvalue weighted by atomic mass is 10.0. The Morgan fingerprint density at radius 3 is 2.81 bits per heavy atom. The summed E-state index contributed by atoms with van der Waals surface area (Å²) < 4.78 is 31.5. The highest BCUT2D eigenvalue weighted by atomic mass is 79.9. The van der Waals surface area contributed by atoms with Gasteiger partial charge in [-0.3, -0.25) is 0 Å². The quantitative estimate of drug-likeness (QED) is 0.846. The van der Waals surface area contributed by atoms with Crippen molar-refractivity contribution in [2.45, 2.75) is 10.8 Å². The number of hydrogen-bond donors (Lipinski definition) is 1. The van der Waals surface area contributed by atoms with Crippen molar-refractivity contribution < 1.29 is 13.2 Å². The summed E-state index contributed by atoms with van der Waals surface area (Å²) in [5, 5.41) is 0. The van der Waals surface area contributed by atoms with Gasteiger partial charge in [0.05, 0.1) is 22.9 Å². The van der Waals surface area contributed by atoms with E-state index < -0.39 is 9.84 Å². The van der Waals surface area contributed by atoms with Crippen LogP contribution in [0.1, 0.15) is 11.5 Å². The number of sulfone groups is 1. The molecule has 2 aromatic carbocycles. The Hall–Kier alpha value is -1.53. The van der Waals surface area contributed by atoms with E-state index in [1.807, 2.05) is 24.3 Å². The fourth-order valence-electron chi connectivity index (χ4n) is 2.50. The molecule has 1 atom stereocenters. The molecule has 0 fully saturated rings. The standard InChI is InChI=1S/C15H14BrNO3S/c16-11-5-6-13(17)15(7-11)21(18,19)9-10-8-20-14-4-2-1-3-12(10)14/h1-7,10H,8-9,17H2. The molecule has 2 N–H and O–H groups in total. The molecule has 3 rings (SSSR count). The molecule has 4 nitrogen and oxygen atoms in total. The Morgan fingerprint density at radius 1 is 1.24 bits per heavy atom. The van der Waals surface area contributed by atoms with E-state index in [1.54, 1.807) is 18.2 Å². The van der Waals surface area contributed by atoms with Crippen molar-refractivity contribution in [1.29, 1.82) is 0 Å². The molecule has 0 aliphatic carbocycles. The maximum absolute atomic E-state index is 12.6. The van der Waals surface area contributed by atoms with Crippen LogP contribution in [0.2, 0.25) is 0 Å². The first-order valence-corrected chi connectivity index (χ1v) is 8.91. The fraction of sp³-hybridized carbons (Fsp3) is 0.200. The first kappa shape index (κ1) is 14.4. The first-order valence-electron chi connectivity index (χ1n) is 6.47. The smallest absolute Gasteiger partial charge is 0.181 e. The molecule has 6 heteroatoms. The summed E-state index contributed by atoms with van der Waals surface area (Å²) in [7, 11) is -3.47. The van der Waals surface area contributed by atoms with Gasteiger partial charge in [-0.25, -0.2) is 8.42 Å². The number of ether oxygens (including phenoxy) is 1. The van der Waals surface area contributed by atoms with E-state index in [9.17, 15) is 8.42 Å². The fourth-order valence-corrected chi connectivity index (χ4v) is 4.73. The van der Waals surface area contributed by atoms with Crippen LogP contribution in [0.5, 0.6) is 5.75 Å². The Kier molecular flexibility index (Phi) is 3.67. The third kappa shape index (κ3) is 2.78. The molecule has 110 valence electrons.